The predicted octanol–water partition coefficient (Wildman–Crippen LogP) is 1.79. The Labute approximate surface area is 187 Å². The van der Waals surface area contributed by atoms with Crippen LogP contribution in [-0.2, 0) is 11.3 Å². The van der Waals surface area contributed by atoms with Gasteiger partial charge in [0.15, 0.2) is 11.5 Å². The minimum Gasteiger partial charge on any atom is -0.382 e. The van der Waals surface area contributed by atoms with Gasteiger partial charge < -0.3 is 26.3 Å². The fourth-order valence-corrected chi connectivity index (χ4v) is 4.03. The van der Waals surface area contributed by atoms with Crippen molar-refractivity contribution in [1.29, 1.82) is 0 Å². The van der Waals surface area contributed by atoms with Crippen LogP contribution in [0.5, 0.6) is 0 Å². The van der Waals surface area contributed by atoms with Crippen molar-refractivity contribution in [2.75, 3.05) is 23.7 Å². The number of hydrogen-bond acceptors (Lipinski definition) is 7. The molecule has 31 heavy (non-hydrogen) atoms. The van der Waals surface area contributed by atoms with E-state index in [9.17, 15) is 9.18 Å². The van der Waals surface area contributed by atoms with Crippen LogP contribution in [0.2, 0.25) is 0 Å². The Morgan fingerprint density at radius 2 is 2.06 bits per heavy atom. The number of nitrogens with zero attached hydrogens (tertiary/aromatic N) is 5. The average molecular weight is 491 g/mol. The van der Waals surface area contributed by atoms with Crippen molar-refractivity contribution in [3.05, 3.63) is 40.6 Å². The lowest BCUT2D eigenvalue weighted by atomic mass is 10.1. The van der Waals surface area contributed by atoms with Crippen molar-refractivity contribution in [2.24, 2.45) is 5.73 Å². The minimum absolute atomic E-state index is 0.137. The van der Waals surface area contributed by atoms with Crippen LogP contribution in [0.1, 0.15) is 24.8 Å². The molecule has 3 aromatic rings. The second-order valence-corrected chi connectivity index (χ2v) is 8.51. The van der Waals surface area contributed by atoms with Crippen LogP contribution in [0, 0.1) is 5.82 Å². The second kappa shape index (κ2) is 9.15. The molecule has 1 aliphatic heterocycles. The number of imidazole rings is 1. The number of amides is 1. The molecule has 5 N–H and O–H groups in total. The Morgan fingerprint density at radius 1 is 1.26 bits per heavy atom. The molecule has 1 saturated carbocycles. The first-order valence-electron chi connectivity index (χ1n) is 10.1. The van der Waals surface area contributed by atoms with E-state index in [1.54, 1.807) is 12.4 Å². The van der Waals surface area contributed by atoms with Crippen molar-refractivity contribution in [3.8, 4) is 0 Å². The molecule has 5 rings (SSSR count). The molecular formula is C20H24BrFN8O. The van der Waals surface area contributed by atoms with Gasteiger partial charge in [-0.3, -0.25) is 4.79 Å². The fraction of sp³-hybridized carbons (Fsp3) is 0.400. The maximum Gasteiger partial charge on any atom is 0.207 e. The van der Waals surface area contributed by atoms with Crippen LogP contribution in [-0.4, -0.2) is 51.1 Å². The molecule has 3 heterocycles. The Kier molecular flexibility index (Phi) is 6.33. The highest BCUT2D eigenvalue weighted by atomic mass is 79.9. The average Bonchev–Trinajstić information content (AvgIpc) is 3.31. The topological polar surface area (TPSA) is 128 Å². The van der Waals surface area contributed by atoms with E-state index in [0.29, 0.717) is 34.0 Å². The van der Waals surface area contributed by atoms with Gasteiger partial charge in [0.1, 0.15) is 17.7 Å². The van der Waals surface area contributed by atoms with E-state index in [2.05, 4.69) is 41.1 Å². The van der Waals surface area contributed by atoms with E-state index in [1.807, 2.05) is 4.57 Å². The number of halogens is 2. The third-order valence-corrected chi connectivity index (χ3v) is 6.23. The summed E-state index contributed by atoms with van der Waals surface area (Å²) in [5.74, 6) is 0.0219. The van der Waals surface area contributed by atoms with E-state index in [0.717, 1.165) is 37.2 Å². The summed E-state index contributed by atoms with van der Waals surface area (Å²) in [6.07, 6.45) is 7.09. The molecule has 1 aliphatic carbocycles. The summed E-state index contributed by atoms with van der Waals surface area (Å²) < 4.78 is 16.4. The van der Waals surface area contributed by atoms with Gasteiger partial charge in [-0.1, -0.05) is 0 Å². The summed E-state index contributed by atoms with van der Waals surface area (Å²) in [4.78, 5) is 24.2. The Balaban J connectivity index is 0.000000334. The highest BCUT2D eigenvalue weighted by Crippen LogP contribution is 2.33. The Bertz CT molecular complexity index is 1090. The Hall–Kier alpha value is -2.79. The normalized spacial score (nSPS) is 18.0. The first-order valence-corrected chi connectivity index (χ1v) is 10.9. The number of nitrogens with one attached hydrogen (secondary N) is 1. The van der Waals surface area contributed by atoms with E-state index >= 15 is 0 Å². The van der Waals surface area contributed by atoms with Gasteiger partial charge in [-0.05, 0) is 47.3 Å². The van der Waals surface area contributed by atoms with E-state index in [-0.39, 0.29) is 11.9 Å². The first-order chi connectivity index (χ1) is 15.0. The molecule has 9 nitrogen and oxygen atoms in total. The zero-order valence-electron chi connectivity index (χ0n) is 16.8. The number of rotatable bonds is 5. The molecule has 0 radical (unpaired) electrons. The zero-order valence-corrected chi connectivity index (χ0v) is 18.4. The lowest BCUT2D eigenvalue weighted by Crippen LogP contribution is -2.27. The van der Waals surface area contributed by atoms with Crippen molar-refractivity contribution >= 4 is 45.0 Å². The standard InChI is InChI=1S/C16H17BrFN7.C4H7NO/c17-13-10(6-25-8-23-14-15(20)21-7-22-16(14)25)12(2-1-11(13)18)24-4-3-9(19)5-24;6-3-5-4-1-2-4/h1-2,7-9H,3-6,19H2,(H2,20,21,22);3-4H,1-2H2,(H,5,6). The first kappa shape index (κ1) is 21.4. The molecule has 1 unspecified atom stereocenters. The number of hydrogen-bond donors (Lipinski definition) is 3. The van der Waals surface area contributed by atoms with Crippen LogP contribution in [0.3, 0.4) is 0 Å². The van der Waals surface area contributed by atoms with Crippen molar-refractivity contribution in [2.45, 2.75) is 37.9 Å². The molecule has 11 heteroatoms. The van der Waals surface area contributed by atoms with E-state index < -0.39 is 0 Å². The lowest BCUT2D eigenvalue weighted by molar-refractivity contribution is -0.109. The molecule has 0 bridgehead atoms. The molecule has 2 aromatic heterocycles. The van der Waals surface area contributed by atoms with Crippen LogP contribution >= 0.6 is 15.9 Å². The fourth-order valence-electron chi connectivity index (χ4n) is 3.57. The van der Waals surface area contributed by atoms with Crippen LogP contribution < -0.4 is 21.7 Å². The SMILES string of the molecule is Nc1ncnc2c1ncn2Cc1c(N2CCC(N)C2)ccc(F)c1Br.O=CNC1CC1. The maximum absolute atomic E-state index is 14.2. The smallest absolute Gasteiger partial charge is 0.207 e. The number of nitrogens with two attached hydrogens (primary N) is 2. The number of aromatic nitrogens is 4. The highest BCUT2D eigenvalue weighted by Gasteiger charge is 2.24. The number of carbonyl (C=O) groups excluding carboxylic acids is 1. The summed E-state index contributed by atoms with van der Waals surface area (Å²) >= 11 is 3.39. The maximum atomic E-state index is 14.2. The number of fused-ring (bicyclic) bond motifs is 1. The van der Waals surface area contributed by atoms with Crippen LogP contribution in [0.15, 0.2) is 29.3 Å². The zero-order chi connectivity index (χ0) is 22.0. The van der Waals surface area contributed by atoms with Gasteiger partial charge in [0.2, 0.25) is 6.41 Å². The lowest BCUT2D eigenvalue weighted by Gasteiger charge is -2.23. The van der Waals surface area contributed by atoms with Gasteiger partial charge in [-0.15, -0.1) is 0 Å². The quantitative estimate of drug-likeness (QED) is 0.465. The molecule has 2 aliphatic rings. The van der Waals surface area contributed by atoms with Crippen LogP contribution in [0.25, 0.3) is 11.2 Å². The highest BCUT2D eigenvalue weighted by molar-refractivity contribution is 9.10. The summed E-state index contributed by atoms with van der Waals surface area (Å²) in [5.41, 5.74) is 14.8. The van der Waals surface area contributed by atoms with Gasteiger partial charge in [0, 0.05) is 36.4 Å². The number of benzene rings is 1. The van der Waals surface area contributed by atoms with Gasteiger partial charge in [0.25, 0.3) is 0 Å². The van der Waals surface area contributed by atoms with Gasteiger partial charge in [0.05, 0.1) is 17.3 Å². The van der Waals surface area contributed by atoms with Crippen LogP contribution in [0.4, 0.5) is 15.9 Å². The molecule has 2 fully saturated rings. The second-order valence-electron chi connectivity index (χ2n) is 7.72. The monoisotopic (exact) mass is 490 g/mol. The van der Waals surface area contributed by atoms with Crippen molar-refractivity contribution < 1.29 is 9.18 Å². The molecule has 1 amide bonds. The summed E-state index contributed by atoms with van der Waals surface area (Å²) in [6, 6.07) is 3.94. The van der Waals surface area contributed by atoms with Gasteiger partial charge in [-0.25, -0.2) is 19.3 Å². The third-order valence-electron chi connectivity index (χ3n) is 5.38. The molecule has 1 atom stereocenters. The number of nitrogen functional groups attached to an aromatic ring is 1. The largest absolute Gasteiger partial charge is 0.382 e. The molecular weight excluding hydrogens is 467 g/mol. The molecule has 1 aromatic carbocycles. The summed E-state index contributed by atoms with van der Waals surface area (Å²) in [5, 5.41) is 2.64. The van der Waals surface area contributed by atoms with Crippen molar-refractivity contribution in [3.63, 3.8) is 0 Å². The summed E-state index contributed by atoms with van der Waals surface area (Å²) in [6.45, 7) is 2.02. The molecule has 1 saturated heterocycles. The Morgan fingerprint density at radius 3 is 2.71 bits per heavy atom. The summed E-state index contributed by atoms with van der Waals surface area (Å²) in [7, 11) is 0. The molecule has 0 spiro atoms. The minimum atomic E-state index is -0.305. The number of carbonyl (C=O) groups is 1. The van der Waals surface area contributed by atoms with Gasteiger partial charge in [-0.2, -0.15) is 0 Å². The molecule has 164 valence electrons. The van der Waals surface area contributed by atoms with Gasteiger partial charge >= 0.3 is 0 Å². The van der Waals surface area contributed by atoms with Crippen molar-refractivity contribution in [1.82, 2.24) is 24.8 Å². The van der Waals surface area contributed by atoms with E-state index in [4.69, 9.17) is 11.5 Å². The van der Waals surface area contributed by atoms with E-state index in [1.165, 1.54) is 25.2 Å². The predicted molar refractivity (Wildman–Crippen MR) is 120 cm³/mol. The number of anilines is 2. The third kappa shape index (κ3) is 4.77.